The molecule has 0 saturated carbocycles. The van der Waals surface area contributed by atoms with Crippen LogP contribution in [0.4, 0.5) is 11.4 Å². The van der Waals surface area contributed by atoms with Crippen LogP contribution in [0.15, 0.2) is 18.2 Å². The lowest BCUT2D eigenvalue weighted by Crippen LogP contribution is -2.34. The van der Waals surface area contributed by atoms with Gasteiger partial charge in [0.05, 0.1) is 17.3 Å². The van der Waals surface area contributed by atoms with E-state index in [9.17, 15) is 4.79 Å². The first kappa shape index (κ1) is 15.8. The van der Waals surface area contributed by atoms with Gasteiger partial charge in [-0.25, -0.2) is 0 Å². The number of hydrogen-bond donors (Lipinski definition) is 2. The van der Waals surface area contributed by atoms with E-state index in [0.717, 1.165) is 25.9 Å². The molecule has 4 nitrogen and oxygen atoms in total. The van der Waals surface area contributed by atoms with E-state index in [0.29, 0.717) is 22.9 Å². The Kier molecular flexibility index (Phi) is 6.67. The van der Waals surface area contributed by atoms with Gasteiger partial charge in [-0.2, -0.15) is 0 Å². The van der Waals surface area contributed by atoms with Crippen LogP contribution in [0, 0.1) is 0 Å². The molecule has 0 aliphatic rings. The fraction of sp³-hybridized carbons (Fsp3) is 0.500. The Morgan fingerprint density at radius 2 is 1.95 bits per heavy atom. The molecule has 1 rings (SSSR count). The van der Waals surface area contributed by atoms with Crippen LogP contribution in [-0.2, 0) is 4.79 Å². The van der Waals surface area contributed by atoms with Gasteiger partial charge in [-0.1, -0.05) is 25.4 Å². The first-order chi connectivity index (χ1) is 9.06. The van der Waals surface area contributed by atoms with Crippen LogP contribution in [0.3, 0.4) is 0 Å². The van der Waals surface area contributed by atoms with Crippen molar-refractivity contribution in [2.24, 2.45) is 0 Å². The molecule has 0 bridgehead atoms. The second-order valence-corrected chi connectivity index (χ2v) is 4.97. The number of carbonyl (C=O) groups excluding carboxylic acids is 1. The zero-order valence-corrected chi connectivity index (χ0v) is 12.3. The second-order valence-electron chi connectivity index (χ2n) is 4.56. The van der Waals surface area contributed by atoms with E-state index in [1.807, 2.05) is 0 Å². The molecule has 19 heavy (non-hydrogen) atoms. The number of nitrogen functional groups attached to an aromatic ring is 1. The number of nitrogens with two attached hydrogens (primary N) is 1. The molecule has 0 saturated heterocycles. The highest BCUT2D eigenvalue weighted by molar-refractivity contribution is 6.34. The molecule has 0 aliphatic heterocycles. The van der Waals surface area contributed by atoms with Crippen LogP contribution < -0.4 is 11.1 Å². The number of nitrogens with one attached hydrogen (secondary N) is 1. The number of anilines is 2. The average molecular weight is 284 g/mol. The quantitative estimate of drug-likeness (QED) is 0.757. The number of rotatable bonds is 7. The summed E-state index contributed by atoms with van der Waals surface area (Å²) in [5, 5.41) is 3.28. The van der Waals surface area contributed by atoms with Gasteiger partial charge < -0.3 is 11.1 Å². The first-order valence-corrected chi connectivity index (χ1v) is 7.01. The number of carbonyl (C=O) groups is 1. The van der Waals surface area contributed by atoms with E-state index in [2.05, 4.69) is 24.1 Å². The summed E-state index contributed by atoms with van der Waals surface area (Å²) in [5.41, 5.74) is 6.80. The van der Waals surface area contributed by atoms with Gasteiger partial charge in [-0.3, -0.25) is 9.69 Å². The van der Waals surface area contributed by atoms with Crippen molar-refractivity contribution in [2.45, 2.75) is 26.7 Å². The van der Waals surface area contributed by atoms with Gasteiger partial charge in [0.2, 0.25) is 5.91 Å². The molecule has 0 aromatic heterocycles. The van der Waals surface area contributed by atoms with Crippen molar-refractivity contribution in [3.05, 3.63) is 23.2 Å². The molecule has 0 radical (unpaired) electrons. The highest BCUT2D eigenvalue weighted by Crippen LogP contribution is 2.23. The van der Waals surface area contributed by atoms with Crippen LogP contribution in [0.2, 0.25) is 5.02 Å². The lowest BCUT2D eigenvalue weighted by Gasteiger charge is -2.20. The molecule has 3 N–H and O–H groups in total. The maximum atomic E-state index is 12.0. The fourth-order valence-electron chi connectivity index (χ4n) is 1.93. The molecule has 1 aromatic carbocycles. The molecule has 5 heteroatoms. The normalized spacial score (nSPS) is 10.7. The van der Waals surface area contributed by atoms with Gasteiger partial charge >= 0.3 is 0 Å². The predicted octanol–water partition coefficient (Wildman–Crippen LogP) is 2.98. The number of nitrogens with zero attached hydrogens (tertiary/aromatic N) is 1. The van der Waals surface area contributed by atoms with Gasteiger partial charge in [-0.05, 0) is 44.1 Å². The summed E-state index contributed by atoms with van der Waals surface area (Å²) in [6.07, 6.45) is 2.08. The summed E-state index contributed by atoms with van der Waals surface area (Å²) in [5.74, 6) is -0.0476. The third-order valence-corrected chi connectivity index (χ3v) is 3.03. The molecule has 0 heterocycles. The van der Waals surface area contributed by atoms with Crippen LogP contribution in [0.1, 0.15) is 26.7 Å². The Morgan fingerprint density at radius 3 is 2.47 bits per heavy atom. The summed E-state index contributed by atoms with van der Waals surface area (Å²) >= 11 is 6.02. The van der Waals surface area contributed by atoms with Crippen LogP contribution in [0.25, 0.3) is 0 Å². The molecule has 0 fully saturated rings. The Morgan fingerprint density at radius 1 is 1.32 bits per heavy atom. The third-order valence-electron chi connectivity index (χ3n) is 2.71. The Hall–Kier alpha value is -1.26. The van der Waals surface area contributed by atoms with E-state index < -0.39 is 0 Å². The Bertz CT molecular complexity index is 417. The highest BCUT2D eigenvalue weighted by atomic mass is 35.5. The van der Waals surface area contributed by atoms with Crippen molar-refractivity contribution in [3.63, 3.8) is 0 Å². The monoisotopic (exact) mass is 283 g/mol. The van der Waals surface area contributed by atoms with Crippen molar-refractivity contribution in [2.75, 3.05) is 30.7 Å². The molecule has 0 spiro atoms. The molecule has 1 amide bonds. The zero-order valence-electron chi connectivity index (χ0n) is 11.6. The minimum absolute atomic E-state index is 0.0476. The van der Waals surface area contributed by atoms with E-state index in [1.165, 1.54) is 0 Å². The SMILES string of the molecule is CCCN(CCC)CC(=O)Nc1ccc(N)cc1Cl. The Labute approximate surface area is 119 Å². The van der Waals surface area contributed by atoms with E-state index >= 15 is 0 Å². The number of hydrogen-bond acceptors (Lipinski definition) is 3. The number of amides is 1. The topological polar surface area (TPSA) is 58.4 Å². The molecule has 0 atom stereocenters. The molecular weight excluding hydrogens is 262 g/mol. The van der Waals surface area contributed by atoms with Gasteiger partial charge in [0.15, 0.2) is 0 Å². The number of benzene rings is 1. The molecule has 1 aromatic rings. The van der Waals surface area contributed by atoms with Gasteiger partial charge in [0.25, 0.3) is 0 Å². The molecule has 0 aliphatic carbocycles. The van der Waals surface area contributed by atoms with Crippen molar-refractivity contribution >= 4 is 28.9 Å². The minimum Gasteiger partial charge on any atom is -0.399 e. The predicted molar refractivity (Wildman–Crippen MR) is 81.5 cm³/mol. The van der Waals surface area contributed by atoms with E-state index in [-0.39, 0.29) is 5.91 Å². The number of halogens is 1. The van der Waals surface area contributed by atoms with E-state index in [1.54, 1.807) is 18.2 Å². The lowest BCUT2D eigenvalue weighted by atomic mass is 10.2. The van der Waals surface area contributed by atoms with Crippen molar-refractivity contribution in [1.29, 1.82) is 0 Å². The second kappa shape index (κ2) is 8.02. The highest BCUT2D eigenvalue weighted by Gasteiger charge is 2.10. The maximum Gasteiger partial charge on any atom is 0.238 e. The molecule has 0 unspecified atom stereocenters. The van der Waals surface area contributed by atoms with Gasteiger partial charge in [0.1, 0.15) is 0 Å². The zero-order chi connectivity index (χ0) is 14.3. The van der Waals surface area contributed by atoms with Crippen LogP contribution >= 0.6 is 11.6 Å². The Balaban J connectivity index is 2.58. The van der Waals surface area contributed by atoms with Gasteiger partial charge in [-0.15, -0.1) is 0 Å². The average Bonchev–Trinajstić information content (AvgIpc) is 2.33. The first-order valence-electron chi connectivity index (χ1n) is 6.64. The van der Waals surface area contributed by atoms with Crippen LogP contribution in [-0.4, -0.2) is 30.4 Å². The van der Waals surface area contributed by atoms with Crippen LogP contribution in [0.5, 0.6) is 0 Å². The smallest absolute Gasteiger partial charge is 0.238 e. The minimum atomic E-state index is -0.0476. The van der Waals surface area contributed by atoms with Crippen molar-refractivity contribution < 1.29 is 4.79 Å². The van der Waals surface area contributed by atoms with E-state index in [4.69, 9.17) is 17.3 Å². The third kappa shape index (κ3) is 5.49. The summed E-state index contributed by atoms with van der Waals surface area (Å²) in [4.78, 5) is 14.1. The fourth-order valence-corrected chi connectivity index (χ4v) is 2.16. The molecule has 106 valence electrons. The summed E-state index contributed by atoms with van der Waals surface area (Å²) in [7, 11) is 0. The maximum absolute atomic E-state index is 12.0. The standard InChI is InChI=1S/C14H22ClN3O/c1-3-7-18(8-4-2)10-14(19)17-13-6-5-11(16)9-12(13)15/h5-6,9H,3-4,7-8,10,16H2,1-2H3,(H,17,19). The lowest BCUT2D eigenvalue weighted by molar-refractivity contribution is -0.117. The summed E-state index contributed by atoms with van der Waals surface area (Å²) in [6.45, 7) is 6.46. The largest absolute Gasteiger partial charge is 0.399 e. The summed E-state index contributed by atoms with van der Waals surface area (Å²) in [6, 6.07) is 5.07. The van der Waals surface area contributed by atoms with Gasteiger partial charge in [0, 0.05) is 5.69 Å². The summed E-state index contributed by atoms with van der Waals surface area (Å²) < 4.78 is 0. The van der Waals surface area contributed by atoms with Crippen molar-refractivity contribution in [1.82, 2.24) is 4.90 Å². The molecular formula is C14H22ClN3O. The van der Waals surface area contributed by atoms with Crippen molar-refractivity contribution in [3.8, 4) is 0 Å².